The number of hydrogen-bond donors (Lipinski definition) is 1. The first-order valence-corrected chi connectivity index (χ1v) is 14.2. The second-order valence-corrected chi connectivity index (χ2v) is 11.5. The predicted octanol–water partition coefficient (Wildman–Crippen LogP) is 3.22. The van der Waals surface area contributed by atoms with E-state index >= 15 is 0 Å². The summed E-state index contributed by atoms with van der Waals surface area (Å²) >= 11 is 0. The van der Waals surface area contributed by atoms with Gasteiger partial charge in [0.25, 0.3) is 5.91 Å². The van der Waals surface area contributed by atoms with Crippen molar-refractivity contribution in [1.82, 2.24) is 14.1 Å². The van der Waals surface area contributed by atoms with Crippen LogP contribution in [0.2, 0.25) is 0 Å². The summed E-state index contributed by atoms with van der Waals surface area (Å²) < 4.78 is 34.0. The van der Waals surface area contributed by atoms with Gasteiger partial charge in [-0.2, -0.15) is 4.31 Å². The molecule has 1 saturated heterocycles. The van der Waals surface area contributed by atoms with Crippen LogP contribution in [0.25, 0.3) is 0 Å². The number of hydrogen-bond acceptors (Lipinski definition) is 6. The molecule has 9 nitrogen and oxygen atoms in total. The number of anilines is 1. The summed E-state index contributed by atoms with van der Waals surface area (Å²) in [6.07, 6.45) is 0. The summed E-state index contributed by atoms with van der Waals surface area (Å²) in [6, 6.07) is 20.7. The van der Waals surface area contributed by atoms with E-state index in [1.807, 2.05) is 42.3 Å². The van der Waals surface area contributed by atoms with Crippen LogP contribution in [-0.2, 0) is 21.4 Å². The number of carbonyl (C=O) groups is 2. The smallest absolute Gasteiger partial charge is 0.253 e. The highest BCUT2D eigenvalue weighted by atomic mass is 32.2. The molecule has 4 rings (SSSR count). The number of likely N-dealkylation sites (N-methyl/N-ethyl adjacent to an activating group) is 1. The Morgan fingerprint density at radius 3 is 2.26 bits per heavy atom. The molecular weight excluding hydrogens is 516 g/mol. The summed E-state index contributed by atoms with van der Waals surface area (Å²) in [5.74, 6) is -0.341. The number of nitrogens with one attached hydrogen (secondary N) is 1. The van der Waals surface area contributed by atoms with Gasteiger partial charge >= 0.3 is 0 Å². The van der Waals surface area contributed by atoms with Crippen LogP contribution in [0.15, 0.2) is 77.7 Å². The second-order valence-electron chi connectivity index (χ2n) is 9.63. The highest BCUT2D eigenvalue weighted by molar-refractivity contribution is 7.89. The van der Waals surface area contributed by atoms with Crippen molar-refractivity contribution < 1.29 is 22.7 Å². The number of carbonyl (C=O) groups excluding carboxylic acids is 2. The Kier molecular flexibility index (Phi) is 9.01. The van der Waals surface area contributed by atoms with Crippen LogP contribution in [0.3, 0.4) is 0 Å². The lowest BCUT2D eigenvalue weighted by molar-refractivity contribution is -0.116. The largest absolute Gasteiger partial charge is 0.495 e. The van der Waals surface area contributed by atoms with Crippen molar-refractivity contribution in [3.8, 4) is 5.75 Å². The molecule has 1 heterocycles. The summed E-state index contributed by atoms with van der Waals surface area (Å²) in [4.78, 5) is 29.9. The minimum Gasteiger partial charge on any atom is -0.495 e. The highest BCUT2D eigenvalue weighted by Crippen LogP contribution is 2.29. The Morgan fingerprint density at radius 1 is 0.949 bits per heavy atom. The summed E-state index contributed by atoms with van der Waals surface area (Å²) in [5.41, 5.74) is 2.51. The molecule has 0 saturated carbocycles. The Hall–Kier alpha value is -3.73. The summed E-state index contributed by atoms with van der Waals surface area (Å²) in [6.45, 7) is 4.40. The average molecular weight is 551 g/mol. The van der Waals surface area contributed by atoms with Gasteiger partial charge in [0.1, 0.15) is 10.6 Å². The molecule has 3 aromatic rings. The third-order valence-electron chi connectivity index (χ3n) is 6.66. The fourth-order valence-electron chi connectivity index (χ4n) is 4.39. The van der Waals surface area contributed by atoms with Gasteiger partial charge in [-0.15, -0.1) is 0 Å². The van der Waals surface area contributed by atoms with Crippen LogP contribution in [0.4, 0.5) is 5.69 Å². The van der Waals surface area contributed by atoms with E-state index in [0.717, 1.165) is 28.5 Å². The summed E-state index contributed by atoms with van der Waals surface area (Å²) in [5, 5.41) is 2.77. The number of benzene rings is 3. The normalized spacial score (nSPS) is 14.3. The maximum atomic E-state index is 13.8. The maximum Gasteiger partial charge on any atom is 0.253 e. The van der Waals surface area contributed by atoms with Gasteiger partial charge in [0.15, 0.2) is 0 Å². The first kappa shape index (κ1) is 28.3. The zero-order valence-electron chi connectivity index (χ0n) is 22.5. The lowest BCUT2D eigenvalue weighted by Gasteiger charge is -2.32. The molecule has 2 amide bonds. The van der Waals surface area contributed by atoms with E-state index in [0.29, 0.717) is 24.3 Å². The Morgan fingerprint density at radius 2 is 1.62 bits per heavy atom. The van der Waals surface area contributed by atoms with Gasteiger partial charge in [-0.25, -0.2) is 8.42 Å². The van der Waals surface area contributed by atoms with E-state index in [1.54, 1.807) is 49.4 Å². The highest BCUT2D eigenvalue weighted by Gasteiger charge is 2.30. The Balaban J connectivity index is 1.51. The Bertz CT molecular complexity index is 1400. The lowest BCUT2D eigenvalue weighted by atomic mass is 10.1. The van der Waals surface area contributed by atoms with Gasteiger partial charge in [-0.05, 0) is 61.5 Å². The van der Waals surface area contributed by atoms with Gasteiger partial charge < -0.3 is 19.9 Å². The van der Waals surface area contributed by atoms with Crippen LogP contribution >= 0.6 is 0 Å². The number of ether oxygens (including phenoxy) is 1. The van der Waals surface area contributed by atoms with Crippen molar-refractivity contribution in [2.75, 3.05) is 52.2 Å². The van der Waals surface area contributed by atoms with E-state index in [1.165, 1.54) is 7.11 Å². The molecule has 1 aliphatic heterocycles. The number of rotatable bonds is 9. The van der Waals surface area contributed by atoms with Crippen LogP contribution in [-0.4, -0.2) is 81.2 Å². The molecule has 0 unspecified atom stereocenters. The molecule has 0 aliphatic carbocycles. The Labute approximate surface area is 230 Å². The van der Waals surface area contributed by atoms with E-state index in [-0.39, 0.29) is 23.1 Å². The minimum atomic E-state index is -4.09. The molecular formula is C29H34N4O5S. The fraction of sp³-hybridized carbons (Fsp3) is 0.310. The molecule has 0 radical (unpaired) electrons. The van der Waals surface area contributed by atoms with Gasteiger partial charge in [0.05, 0.1) is 13.7 Å². The molecule has 39 heavy (non-hydrogen) atoms. The second kappa shape index (κ2) is 12.4. The molecule has 1 aliphatic rings. The third-order valence-corrected chi connectivity index (χ3v) is 8.48. The topological polar surface area (TPSA) is 99.3 Å². The van der Waals surface area contributed by atoms with Crippen LogP contribution in [0.5, 0.6) is 5.75 Å². The summed E-state index contributed by atoms with van der Waals surface area (Å²) in [7, 11) is -0.649. The molecule has 0 atom stereocenters. The van der Waals surface area contributed by atoms with Gasteiger partial charge in [0.2, 0.25) is 15.9 Å². The molecule has 0 aromatic heterocycles. The number of nitrogens with zero attached hydrogens (tertiary/aromatic N) is 3. The molecule has 1 N–H and O–H groups in total. The zero-order chi connectivity index (χ0) is 28.0. The minimum absolute atomic E-state index is 0.000466. The molecule has 10 heteroatoms. The maximum absolute atomic E-state index is 13.8. The number of aryl methyl sites for hydroxylation is 1. The van der Waals surface area contributed by atoms with Gasteiger partial charge in [-0.1, -0.05) is 36.4 Å². The molecule has 3 aromatic carbocycles. The molecule has 0 bridgehead atoms. The first-order valence-electron chi connectivity index (χ1n) is 12.7. The van der Waals surface area contributed by atoms with Crippen LogP contribution in [0, 0.1) is 6.92 Å². The average Bonchev–Trinajstić information content (AvgIpc) is 2.93. The van der Waals surface area contributed by atoms with E-state index in [2.05, 4.69) is 10.2 Å². The van der Waals surface area contributed by atoms with Crippen molar-refractivity contribution >= 4 is 27.5 Å². The van der Waals surface area contributed by atoms with Crippen molar-refractivity contribution in [3.63, 3.8) is 0 Å². The monoisotopic (exact) mass is 550 g/mol. The number of piperazine rings is 1. The van der Waals surface area contributed by atoms with Crippen molar-refractivity contribution in [2.45, 2.75) is 18.4 Å². The molecule has 206 valence electrons. The van der Waals surface area contributed by atoms with Gasteiger partial charge in [0, 0.05) is 44.0 Å². The van der Waals surface area contributed by atoms with E-state index < -0.39 is 22.5 Å². The van der Waals surface area contributed by atoms with Crippen LogP contribution < -0.4 is 10.1 Å². The van der Waals surface area contributed by atoms with Crippen molar-refractivity contribution in [1.29, 1.82) is 0 Å². The fourth-order valence-corrected chi connectivity index (χ4v) is 6.01. The molecule has 1 fully saturated rings. The molecule has 0 spiro atoms. The van der Waals surface area contributed by atoms with E-state index in [4.69, 9.17) is 4.74 Å². The number of sulfonamides is 1. The predicted molar refractivity (Wildman–Crippen MR) is 150 cm³/mol. The lowest BCUT2D eigenvalue weighted by Crippen LogP contribution is -2.47. The van der Waals surface area contributed by atoms with Crippen molar-refractivity contribution in [2.24, 2.45) is 0 Å². The van der Waals surface area contributed by atoms with Crippen molar-refractivity contribution in [3.05, 3.63) is 89.5 Å². The van der Waals surface area contributed by atoms with Crippen LogP contribution in [0.1, 0.15) is 21.5 Å². The number of amides is 2. The van der Waals surface area contributed by atoms with Gasteiger partial charge in [-0.3, -0.25) is 9.59 Å². The zero-order valence-corrected chi connectivity index (χ0v) is 23.3. The first-order chi connectivity index (χ1) is 18.7. The third kappa shape index (κ3) is 7.03. The van der Waals surface area contributed by atoms with E-state index in [9.17, 15) is 18.0 Å². The SMILES string of the molecule is COc1ccc(C)cc1S(=O)(=O)N(CC(=O)Nc1ccc(C(=O)N2CCN(C)CC2)cc1)Cc1ccccc1. The quantitative estimate of drug-likeness (QED) is 0.439. The standard InChI is InChI=1S/C29H34N4O5S/c1-22-9-14-26(38-3)27(19-22)39(36,37)33(20-23-7-5-4-6-8-23)21-28(34)30-25-12-10-24(11-13-25)29(35)32-17-15-31(2)16-18-32/h4-14,19H,15-18,20-21H2,1-3H3,(H,30,34). The number of methoxy groups -OCH3 is 1.